The van der Waals surface area contributed by atoms with Gasteiger partial charge in [-0.15, -0.1) is 11.3 Å². The molecule has 17 heavy (non-hydrogen) atoms. The van der Waals surface area contributed by atoms with Gasteiger partial charge in [0.15, 0.2) is 0 Å². The molecule has 3 N–H and O–H groups in total. The Hall–Kier alpha value is -1.40. The van der Waals surface area contributed by atoms with Crippen LogP contribution in [0, 0.1) is 0 Å². The number of nitrogens with one attached hydrogen (secondary N) is 2. The Balaban J connectivity index is 2.35. The van der Waals surface area contributed by atoms with E-state index in [1.165, 1.54) is 11.3 Å². The monoisotopic (exact) mass is 256 g/mol. The molecule has 0 aliphatic carbocycles. The molecule has 1 aromatic rings. The maximum Gasteiger partial charge on any atom is 0.309 e. The maximum atomic E-state index is 11.3. The summed E-state index contributed by atoms with van der Waals surface area (Å²) in [5.74, 6) is -1.41. The van der Waals surface area contributed by atoms with Crippen molar-refractivity contribution in [1.82, 2.24) is 10.6 Å². The summed E-state index contributed by atoms with van der Waals surface area (Å²) in [5, 5.41) is 16.4. The van der Waals surface area contributed by atoms with Gasteiger partial charge in [0.2, 0.25) is 0 Å². The smallest absolute Gasteiger partial charge is 0.309 e. The van der Waals surface area contributed by atoms with Gasteiger partial charge in [0.25, 0.3) is 0 Å². The molecule has 0 radical (unpaired) electrons. The Labute approximate surface area is 104 Å². The molecule has 1 unspecified atom stereocenters. The van der Waals surface area contributed by atoms with Crippen LogP contribution in [0.4, 0.5) is 0 Å². The minimum atomic E-state index is -0.772. The van der Waals surface area contributed by atoms with Crippen LogP contribution in [0.15, 0.2) is 17.5 Å². The topological polar surface area (TPSA) is 78.4 Å². The zero-order valence-electron chi connectivity index (χ0n) is 9.77. The zero-order chi connectivity index (χ0) is 12.8. The summed E-state index contributed by atoms with van der Waals surface area (Å²) in [7, 11) is 0. The van der Waals surface area contributed by atoms with Crippen LogP contribution >= 0.6 is 11.3 Å². The lowest BCUT2D eigenvalue weighted by Gasteiger charge is -2.11. The number of thiophene rings is 1. The number of amides is 2. The highest BCUT2D eigenvalue weighted by Gasteiger charge is 2.16. The van der Waals surface area contributed by atoms with E-state index in [2.05, 4.69) is 10.6 Å². The fraction of sp³-hybridized carbons (Fsp3) is 0.455. The minimum Gasteiger partial charge on any atom is -0.386 e. The third kappa shape index (κ3) is 4.54. The molecular weight excluding hydrogens is 240 g/mol. The number of carbonyl (C=O) groups excluding carboxylic acids is 2. The molecule has 1 atom stereocenters. The van der Waals surface area contributed by atoms with Crippen molar-refractivity contribution in [2.24, 2.45) is 0 Å². The fourth-order valence-corrected chi connectivity index (χ4v) is 1.89. The lowest BCUT2D eigenvalue weighted by molar-refractivity contribution is -0.139. The summed E-state index contributed by atoms with van der Waals surface area (Å²) >= 11 is 1.40. The molecule has 0 saturated heterocycles. The third-order valence-electron chi connectivity index (χ3n) is 1.95. The van der Waals surface area contributed by atoms with Crippen molar-refractivity contribution in [3.8, 4) is 0 Å². The Morgan fingerprint density at radius 2 is 2.12 bits per heavy atom. The van der Waals surface area contributed by atoms with Gasteiger partial charge in [-0.1, -0.05) is 6.07 Å². The van der Waals surface area contributed by atoms with Crippen molar-refractivity contribution in [3.05, 3.63) is 22.4 Å². The van der Waals surface area contributed by atoms with Gasteiger partial charge in [0.05, 0.1) is 0 Å². The van der Waals surface area contributed by atoms with E-state index >= 15 is 0 Å². The standard InChI is InChI=1S/C11H16N2O3S/c1-7(2)13-11(16)10(15)12-6-8(14)9-4-3-5-17-9/h3-5,7-8,14H,6H2,1-2H3,(H,12,15)(H,13,16). The van der Waals surface area contributed by atoms with E-state index in [1.54, 1.807) is 19.9 Å². The molecule has 0 aliphatic rings. The summed E-state index contributed by atoms with van der Waals surface area (Å²) < 4.78 is 0. The molecule has 1 heterocycles. The first-order valence-corrected chi connectivity index (χ1v) is 6.19. The molecule has 0 bridgehead atoms. The quantitative estimate of drug-likeness (QED) is 0.683. The van der Waals surface area contributed by atoms with Crippen LogP contribution in [-0.4, -0.2) is 29.5 Å². The largest absolute Gasteiger partial charge is 0.386 e. The van der Waals surface area contributed by atoms with Crippen LogP contribution in [0.25, 0.3) is 0 Å². The normalized spacial score (nSPS) is 12.2. The molecule has 6 heteroatoms. The molecule has 2 amide bonds. The Bertz CT molecular complexity index is 376. The van der Waals surface area contributed by atoms with Gasteiger partial charge < -0.3 is 15.7 Å². The SMILES string of the molecule is CC(C)NC(=O)C(=O)NCC(O)c1cccs1. The number of rotatable bonds is 4. The van der Waals surface area contributed by atoms with Gasteiger partial charge in [0, 0.05) is 17.5 Å². The summed E-state index contributed by atoms with van der Waals surface area (Å²) in [6.07, 6.45) is -0.772. The zero-order valence-corrected chi connectivity index (χ0v) is 10.6. The predicted molar refractivity (Wildman–Crippen MR) is 65.6 cm³/mol. The molecule has 5 nitrogen and oxygen atoms in total. The highest BCUT2D eigenvalue weighted by molar-refractivity contribution is 7.10. The average molecular weight is 256 g/mol. The lowest BCUT2D eigenvalue weighted by Crippen LogP contribution is -2.43. The van der Waals surface area contributed by atoms with Gasteiger partial charge in [-0.25, -0.2) is 0 Å². The van der Waals surface area contributed by atoms with Crippen molar-refractivity contribution in [3.63, 3.8) is 0 Å². The predicted octanol–water partition coefficient (Wildman–Crippen LogP) is 0.422. The van der Waals surface area contributed by atoms with Gasteiger partial charge in [-0.2, -0.15) is 0 Å². The highest BCUT2D eigenvalue weighted by atomic mass is 32.1. The van der Waals surface area contributed by atoms with Crippen LogP contribution in [0.2, 0.25) is 0 Å². The Morgan fingerprint density at radius 3 is 2.65 bits per heavy atom. The molecule has 0 aromatic carbocycles. The Kier molecular flexibility index (Phi) is 5.11. The van der Waals surface area contributed by atoms with Crippen molar-refractivity contribution in [1.29, 1.82) is 0 Å². The molecule has 0 spiro atoms. The van der Waals surface area contributed by atoms with E-state index in [1.807, 2.05) is 11.4 Å². The number of hydrogen-bond donors (Lipinski definition) is 3. The number of carbonyl (C=O) groups is 2. The summed E-state index contributed by atoms with van der Waals surface area (Å²) in [6.45, 7) is 3.57. The molecule has 0 aliphatic heterocycles. The highest BCUT2D eigenvalue weighted by Crippen LogP contribution is 2.17. The molecule has 1 rings (SSSR count). The molecule has 0 fully saturated rings. The number of hydrogen-bond acceptors (Lipinski definition) is 4. The summed E-state index contributed by atoms with van der Waals surface area (Å²) in [5.41, 5.74) is 0. The van der Waals surface area contributed by atoms with Gasteiger partial charge in [0.1, 0.15) is 6.10 Å². The first-order valence-electron chi connectivity index (χ1n) is 5.31. The van der Waals surface area contributed by atoms with Crippen LogP contribution in [0.5, 0.6) is 0 Å². The van der Waals surface area contributed by atoms with Crippen molar-refractivity contribution in [2.75, 3.05) is 6.54 Å². The third-order valence-corrected chi connectivity index (χ3v) is 2.93. The van der Waals surface area contributed by atoms with Gasteiger partial charge in [-0.05, 0) is 25.3 Å². The van der Waals surface area contributed by atoms with E-state index in [0.717, 1.165) is 4.88 Å². The minimum absolute atomic E-state index is 0.0326. The first kappa shape index (κ1) is 13.7. The molecule has 94 valence electrons. The van der Waals surface area contributed by atoms with Crippen LogP contribution in [0.1, 0.15) is 24.8 Å². The van der Waals surface area contributed by atoms with E-state index in [0.29, 0.717) is 0 Å². The molecule has 0 saturated carbocycles. The summed E-state index contributed by atoms with van der Waals surface area (Å²) in [6, 6.07) is 3.50. The van der Waals surface area contributed by atoms with Crippen LogP contribution in [0.3, 0.4) is 0 Å². The molecule has 1 aromatic heterocycles. The van der Waals surface area contributed by atoms with E-state index in [4.69, 9.17) is 0 Å². The average Bonchev–Trinajstić information content (AvgIpc) is 2.77. The van der Waals surface area contributed by atoms with Crippen LogP contribution in [-0.2, 0) is 9.59 Å². The van der Waals surface area contributed by atoms with Gasteiger partial charge in [-0.3, -0.25) is 9.59 Å². The fourth-order valence-electron chi connectivity index (χ4n) is 1.18. The number of aliphatic hydroxyl groups is 1. The van der Waals surface area contributed by atoms with Crippen molar-refractivity contribution >= 4 is 23.2 Å². The van der Waals surface area contributed by atoms with Gasteiger partial charge >= 0.3 is 11.8 Å². The second-order valence-corrected chi connectivity index (χ2v) is 4.85. The molecular formula is C11H16N2O3S. The van der Waals surface area contributed by atoms with Crippen molar-refractivity contribution < 1.29 is 14.7 Å². The number of aliphatic hydroxyl groups excluding tert-OH is 1. The van der Waals surface area contributed by atoms with Crippen LogP contribution < -0.4 is 10.6 Å². The Morgan fingerprint density at radius 1 is 1.41 bits per heavy atom. The second-order valence-electron chi connectivity index (χ2n) is 3.87. The second kappa shape index (κ2) is 6.36. The first-order chi connectivity index (χ1) is 8.00. The van der Waals surface area contributed by atoms with E-state index < -0.39 is 17.9 Å². The lowest BCUT2D eigenvalue weighted by atomic mass is 10.3. The summed E-state index contributed by atoms with van der Waals surface area (Å²) in [4.78, 5) is 23.3. The van der Waals surface area contributed by atoms with Crippen molar-refractivity contribution in [2.45, 2.75) is 26.0 Å². The van der Waals surface area contributed by atoms with E-state index in [9.17, 15) is 14.7 Å². The van der Waals surface area contributed by atoms with E-state index in [-0.39, 0.29) is 12.6 Å². The maximum absolute atomic E-state index is 11.3.